The van der Waals surface area contributed by atoms with E-state index in [4.69, 9.17) is 4.74 Å². The second kappa shape index (κ2) is 17.6. The molecule has 5 N–H and O–H groups in total. The molecule has 0 radical (unpaired) electrons. The number of carbonyl (C=O) groups is 3. The lowest BCUT2D eigenvalue weighted by molar-refractivity contribution is -0.123. The maximum Gasteiger partial charge on any atom is 0.407 e. The summed E-state index contributed by atoms with van der Waals surface area (Å²) in [5.74, 6) is -0.115. The third kappa shape index (κ3) is 13.9. The fraction of sp³-hybridized carbons (Fsp3) is 0.382. The molecule has 9 nitrogen and oxygen atoms in total. The van der Waals surface area contributed by atoms with E-state index in [2.05, 4.69) is 26.6 Å². The van der Waals surface area contributed by atoms with Crippen molar-refractivity contribution in [1.82, 2.24) is 21.3 Å². The van der Waals surface area contributed by atoms with Crippen molar-refractivity contribution in [2.75, 3.05) is 18.4 Å². The number of carbonyl (C=O) groups excluding carboxylic acids is 3. The quantitative estimate of drug-likeness (QED) is 0.153. The molecular formula is C34H45N5O4. The van der Waals surface area contributed by atoms with Gasteiger partial charge >= 0.3 is 12.1 Å². The molecular weight excluding hydrogens is 542 g/mol. The van der Waals surface area contributed by atoms with E-state index in [9.17, 15) is 14.4 Å². The SMILES string of the molecule is CC(C)(C)OC(=O)NCCCC[C@H](N[C@H](CNC(=O)Nc1ccccc1)Cc1ccccc1)C(=O)NCc1ccccc1. The fourth-order valence-corrected chi connectivity index (χ4v) is 4.46. The summed E-state index contributed by atoms with van der Waals surface area (Å²) in [6.07, 6.45) is 2.11. The van der Waals surface area contributed by atoms with Crippen molar-refractivity contribution < 1.29 is 19.1 Å². The average Bonchev–Trinajstić information content (AvgIpc) is 2.98. The highest BCUT2D eigenvalue weighted by Gasteiger charge is 2.23. The second-order valence-electron chi connectivity index (χ2n) is 11.4. The molecule has 0 bridgehead atoms. The Morgan fingerprint density at radius 3 is 1.98 bits per heavy atom. The van der Waals surface area contributed by atoms with Gasteiger partial charge in [-0.2, -0.15) is 0 Å². The largest absolute Gasteiger partial charge is 0.444 e. The molecule has 0 heterocycles. The molecule has 230 valence electrons. The molecule has 0 aliphatic heterocycles. The van der Waals surface area contributed by atoms with E-state index >= 15 is 0 Å². The van der Waals surface area contributed by atoms with Crippen LogP contribution in [-0.2, 0) is 22.5 Å². The lowest BCUT2D eigenvalue weighted by atomic mass is 10.0. The summed E-state index contributed by atoms with van der Waals surface area (Å²) >= 11 is 0. The lowest BCUT2D eigenvalue weighted by Gasteiger charge is -2.26. The number of para-hydroxylation sites is 1. The van der Waals surface area contributed by atoms with Gasteiger partial charge in [-0.3, -0.25) is 4.79 Å². The van der Waals surface area contributed by atoms with Gasteiger partial charge in [0.1, 0.15) is 5.60 Å². The molecule has 0 aromatic heterocycles. The summed E-state index contributed by atoms with van der Waals surface area (Å²) in [5, 5.41) is 15.2. The fourth-order valence-electron chi connectivity index (χ4n) is 4.46. The van der Waals surface area contributed by atoms with Crippen LogP contribution < -0.4 is 26.6 Å². The van der Waals surface area contributed by atoms with Gasteiger partial charge in [-0.05, 0) is 69.7 Å². The van der Waals surface area contributed by atoms with E-state index in [0.717, 1.165) is 11.1 Å². The molecule has 3 aromatic rings. The highest BCUT2D eigenvalue weighted by atomic mass is 16.6. The van der Waals surface area contributed by atoms with Crippen LogP contribution in [0.1, 0.15) is 51.2 Å². The van der Waals surface area contributed by atoms with Crippen molar-refractivity contribution in [2.24, 2.45) is 0 Å². The summed E-state index contributed by atoms with van der Waals surface area (Å²) < 4.78 is 5.30. The first-order valence-corrected chi connectivity index (χ1v) is 14.9. The molecule has 3 aromatic carbocycles. The minimum absolute atomic E-state index is 0.115. The number of amides is 4. The Bertz CT molecular complexity index is 1250. The zero-order valence-electron chi connectivity index (χ0n) is 25.4. The van der Waals surface area contributed by atoms with Gasteiger partial charge in [-0.25, -0.2) is 9.59 Å². The van der Waals surface area contributed by atoms with Crippen LogP contribution in [0.15, 0.2) is 91.0 Å². The Kier molecular flexibility index (Phi) is 13.5. The average molecular weight is 588 g/mol. The second-order valence-corrected chi connectivity index (χ2v) is 11.4. The predicted molar refractivity (Wildman–Crippen MR) is 171 cm³/mol. The van der Waals surface area contributed by atoms with E-state index in [1.54, 1.807) is 0 Å². The number of anilines is 1. The Labute approximate surface area is 255 Å². The van der Waals surface area contributed by atoms with Crippen LogP contribution in [0.2, 0.25) is 0 Å². The molecule has 0 aliphatic rings. The Balaban J connectivity index is 1.63. The Morgan fingerprint density at radius 2 is 1.35 bits per heavy atom. The molecule has 0 fully saturated rings. The standard InChI is InChI=1S/C34H45N5O4/c1-34(2,3)43-33(42)35-22-14-13-21-30(31(40)36-24-27-17-9-5-10-18-27)38-29(23-26-15-7-4-8-16-26)25-37-32(41)39-28-19-11-6-12-20-28/h4-12,15-20,29-30,38H,13-14,21-25H2,1-3H3,(H,35,42)(H,36,40)(H2,37,39,41)/t29-,30-/m0/s1. The van der Waals surface area contributed by atoms with E-state index in [1.807, 2.05) is 112 Å². The van der Waals surface area contributed by atoms with Crippen molar-refractivity contribution in [1.29, 1.82) is 0 Å². The van der Waals surface area contributed by atoms with Crippen molar-refractivity contribution in [2.45, 2.75) is 70.7 Å². The molecule has 2 atom stereocenters. The number of benzene rings is 3. The topological polar surface area (TPSA) is 121 Å². The number of rotatable bonds is 15. The van der Waals surface area contributed by atoms with E-state index in [-0.39, 0.29) is 18.0 Å². The number of hydrogen-bond donors (Lipinski definition) is 5. The first kappa shape index (κ1) is 33.1. The first-order valence-electron chi connectivity index (χ1n) is 14.9. The number of nitrogens with one attached hydrogen (secondary N) is 5. The molecule has 43 heavy (non-hydrogen) atoms. The minimum Gasteiger partial charge on any atom is -0.444 e. The summed E-state index contributed by atoms with van der Waals surface area (Å²) in [7, 11) is 0. The zero-order valence-corrected chi connectivity index (χ0v) is 25.4. The van der Waals surface area contributed by atoms with Crippen LogP contribution in [0.5, 0.6) is 0 Å². The van der Waals surface area contributed by atoms with Gasteiger partial charge in [0.15, 0.2) is 0 Å². The minimum atomic E-state index is -0.560. The van der Waals surface area contributed by atoms with Crippen LogP contribution in [0, 0.1) is 0 Å². The molecule has 9 heteroatoms. The van der Waals surface area contributed by atoms with Crippen molar-refractivity contribution in [3.8, 4) is 0 Å². The number of alkyl carbamates (subject to hydrolysis) is 1. The highest BCUT2D eigenvalue weighted by Crippen LogP contribution is 2.10. The van der Waals surface area contributed by atoms with E-state index < -0.39 is 17.7 Å². The molecule has 0 unspecified atom stereocenters. The number of unbranched alkanes of at least 4 members (excludes halogenated alkanes) is 1. The summed E-state index contributed by atoms with van der Waals surface area (Å²) in [6, 6.07) is 28.0. The van der Waals surface area contributed by atoms with Crippen molar-refractivity contribution in [3.63, 3.8) is 0 Å². The number of urea groups is 1. The molecule has 0 spiro atoms. The van der Waals surface area contributed by atoms with Crippen molar-refractivity contribution in [3.05, 3.63) is 102 Å². The Morgan fingerprint density at radius 1 is 0.744 bits per heavy atom. The molecule has 0 aliphatic carbocycles. The maximum atomic E-state index is 13.4. The van der Waals surface area contributed by atoms with Gasteiger partial charge < -0.3 is 31.3 Å². The number of hydrogen-bond acceptors (Lipinski definition) is 5. The smallest absolute Gasteiger partial charge is 0.407 e. The van der Waals surface area contributed by atoms with E-state index in [0.29, 0.717) is 51.0 Å². The first-order chi connectivity index (χ1) is 20.7. The van der Waals surface area contributed by atoms with Gasteiger partial charge in [0.25, 0.3) is 0 Å². The third-order valence-electron chi connectivity index (χ3n) is 6.52. The third-order valence-corrected chi connectivity index (χ3v) is 6.52. The summed E-state index contributed by atoms with van der Waals surface area (Å²) in [4.78, 5) is 38.1. The van der Waals surface area contributed by atoms with Crippen LogP contribution in [0.25, 0.3) is 0 Å². The Hall–Kier alpha value is -4.37. The van der Waals surface area contributed by atoms with Gasteiger partial charge in [-0.1, -0.05) is 78.9 Å². The van der Waals surface area contributed by atoms with Gasteiger partial charge in [0.2, 0.25) is 5.91 Å². The molecule has 0 saturated carbocycles. The van der Waals surface area contributed by atoms with E-state index in [1.165, 1.54) is 0 Å². The van der Waals surface area contributed by atoms with Gasteiger partial charge in [0, 0.05) is 31.4 Å². The molecule has 3 rings (SSSR count). The predicted octanol–water partition coefficient (Wildman–Crippen LogP) is 5.39. The van der Waals surface area contributed by atoms with Crippen molar-refractivity contribution >= 4 is 23.7 Å². The van der Waals surface area contributed by atoms with Crippen LogP contribution >= 0.6 is 0 Å². The highest BCUT2D eigenvalue weighted by molar-refractivity contribution is 5.89. The monoisotopic (exact) mass is 587 g/mol. The lowest BCUT2D eigenvalue weighted by Crippen LogP contribution is -2.52. The van der Waals surface area contributed by atoms with Gasteiger partial charge in [0.05, 0.1) is 6.04 Å². The zero-order chi connectivity index (χ0) is 30.9. The van der Waals surface area contributed by atoms with Gasteiger partial charge in [-0.15, -0.1) is 0 Å². The maximum absolute atomic E-state index is 13.4. The molecule has 4 amide bonds. The normalized spacial score (nSPS) is 12.4. The summed E-state index contributed by atoms with van der Waals surface area (Å²) in [5.41, 5.74) is 2.24. The number of ether oxygens (including phenoxy) is 1. The van der Waals surface area contributed by atoms with Crippen LogP contribution in [-0.4, -0.2) is 48.8 Å². The van der Waals surface area contributed by atoms with Crippen LogP contribution in [0.3, 0.4) is 0 Å². The van der Waals surface area contributed by atoms with Crippen LogP contribution in [0.4, 0.5) is 15.3 Å². The summed E-state index contributed by atoms with van der Waals surface area (Å²) in [6.45, 7) is 6.64. The molecule has 0 saturated heterocycles.